The molecule has 0 aliphatic heterocycles. The van der Waals surface area contributed by atoms with Crippen LogP contribution in [0.25, 0.3) is 0 Å². The number of carbonyl (C=O) groups is 1. The zero-order chi connectivity index (χ0) is 13.8. The van der Waals surface area contributed by atoms with Crippen molar-refractivity contribution in [3.63, 3.8) is 0 Å². The molecule has 1 aromatic carbocycles. The first-order chi connectivity index (χ1) is 8.35. The molecule has 19 heavy (non-hydrogen) atoms. The molecule has 0 aliphatic rings. The molecule has 0 bridgehead atoms. The molecule has 0 radical (unpaired) electrons. The van der Waals surface area contributed by atoms with Crippen LogP contribution in [0.1, 0.15) is 34.8 Å². The number of hydrogen-bond donors (Lipinski definition) is 1. The number of rotatable bonds is 4. The molecular formula is C12H15ClF3NO2. The second-order valence-electron chi connectivity index (χ2n) is 3.84. The van der Waals surface area contributed by atoms with Gasteiger partial charge in [-0.15, -0.1) is 12.4 Å². The fraction of sp³-hybridized carbons (Fsp3) is 0.417. The molecule has 0 amide bonds. The number of alkyl halides is 3. The molecule has 0 unspecified atom stereocenters. The second kappa shape index (κ2) is 7.35. The minimum Gasteiger partial charge on any atom is -0.465 e. The van der Waals surface area contributed by atoms with Crippen LogP contribution in [0.2, 0.25) is 0 Å². The molecule has 1 aromatic rings. The average molecular weight is 298 g/mol. The zero-order valence-electron chi connectivity index (χ0n) is 10.2. The first-order valence-corrected chi connectivity index (χ1v) is 5.34. The molecule has 0 fully saturated rings. The van der Waals surface area contributed by atoms with E-state index in [4.69, 9.17) is 5.73 Å². The fourth-order valence-electron chi connectivity index (χ4n) is 1.59. The summed E-state index contributed by atoms with van der Waals surface area (Å²) in [5, 5.41) is 0. The van der Waals surface area contributed by atoms with Crippen molar-refractivity contribution in [3.8, 4) is 0 Å². The van der Waals surface area contributed by atoms with Crippen molar-refractivity contribution in [2.24, 2.45) is 5.73 Å². The molecule has 1 atom stereocenters. The van der Waals surface area contributed by atoms with E-state index in [1.54, 1.807) is 12.1 Å². The molecule has 7 heteroatoms. The fourth-order valence-corrected chi connectivity index (χ4v) is 1.59. The van der Waals surface area contributed by atoms with Gasteiger partial charge < -0.3 is 10.5 Å². The average Bonchev–Trinajstić information content (AvgIpc) is 2.34. The van der Waals surface area contributed by atoms with Crippen LogP contribution in [0.5, 0.6) is 0 Å². The van der Waals surface area contributed by atoms with Gasteiger partial charge in [0.1, 0.15) is 0 Å². The van der Waals surface area contributed by atoms with Gasteiger partial charge in [0.05, 0.1) is 12.7 Å². The summed E-state index contributed by atoms with van der Waals surface area (Å²) in [6.07, 6.45) is -5.50. The molecule has 3 nitrogen and oxygen atoms in total. The van der Waals surface area contributed by atoms with Gasteiger partial charge in [-0.05, 0) is 18.1 Å². The van der Waals surface area contributed by atoms with E-state index in [0.29, 0.717) is 5.56 Å². The second-order valence-corrected chi connectivity index (χ2v) is 3.84. The summed E-state index contributed by atoms with van der Waals surface area (Å²) in [6.45, 7) is 0. The number of hydrogen-bond acceptors (Lipinski definition) is 3. The van der Waals surface area contributed by atoms with E-state index >= 15 is 0 Å². The van der Waals surface area contributed by atoms with Crippen LogP contribution >= 0.6 is 12.4 Å². The van der Waals surface area contributed by atoms with E-state index in [-0.39, 0.29) is 24.4 Å². The number of nitrogens with two attached hydrogens (primary N) is 1. The Balaban J connectivity index is 0.00000324. The predicted octanol–water partition coefficient (Wildman–Crippen LogP) is 3.24. The van der Waals surface area contributed by atoms with E-state index in [9.17, 15) is 18.0 Å². The van der Waals surface area contributed by atoms with Crippen LogP contribution in [0.3, 0.4) is 0 Å². The van der Waals surface area contributed by atoms with Gasteiger partial charge in [-0.1, -0.05) is 18.2 Å². The number of carbonyl (C=O) groups excluding carboxylic acids is 1. The van der Waals surface area contributed by atoms with Crippen LogP contribution in [0.4, 0.5) is 13.2 Å². The van der Waals surface area contributed by atoms with E-state index in [0.717, 1.165) is 0 Å². The number of halogens is 4. The summed E-state index contributed by atoms with van der Waals surface area (Å²) < 4.78 is 40.9. The van der Waals surface area contributed by atoms with E-state index < -0.39 is 24.6 Å². The molecule has 0 aromatic heterocycles. The topological polar surface area (TPSA) is 52.3 Å². The van der Waals surface area contributed by atoms with Crippen LogP contribution < -0.4 is 5.73 Å². The van der Waals surface area contributed by atoms with Crippen LogP contribution in [-0.2, 0) is 4.74 Å². The van der Waals surface area contributed by atoms with Crippen molar-refractivity contribution in [1.29, 1.82) is 0 Å². The minimum atomic E-state index is -4.25. The van der Waals surface area contributed by atoms with Gasteiger partial charge in [0.25, 0.3) is 0 Å². The number of esters is 1. The van der Waals surface area contributed by atoms with Crippen LogP contribution in [0.15, 0.2) is 24.3 Å². The Hall–Kier alpha value is -1.27. The van der Waals surface area contributed by atoms with Crippen molar-refractivity contribution in [2.75, 3.05) is 7.11 Å². The highest BCUT2D eigenvalue weighted by atomic mass is 35.5. The summed E-state index contributed by atoms with van der Waals surface area (Å²) in [4.78, 5) is 11.4. The van der Waals surface area contributed by atoms with E-state index in [1.165, 1.54) is 19.2 Å². The first-order valence-electron chi connectivity index (χ1n) is 5.34. The lowest BCUT2D eigenvalue weighted by Gasteiger charge is -2.16. The summed E-state index contributed by atoms with van der Waals surface area (Å²) in [6, 6.07) is 5.39. The Bertz CT molecular complexity index is 424. The van der Waals surface area contributed by atoms with E-state index in [2.05, 4.69) is 4.74 Å². The third-order valence-electron chi connectivity index (χ3n) is 2.50. The third-order valence-corrected chi connectivity index (χ3v) is 2.50. The van der Waals surface area contributed by atoms with Gasteiger partial charge >= 0.3 is 12.1 Å². The van der Waals surface area contributed by atoms with Gasteiger partial charge in [-0.25, -0.2) is 4.79 Å². The smallest absolute Gasteiger partial charge is 0.389 e. The number of ether oxygens (including phenoxy) is 1. The summed E-state index contributed by atoms with van der Waals surface area (Å²) in [5.41, 5.74) is 6.26. The van der Waals surface area contributed by atoms with Crippen molar-refractivity contribution in [2.45, 2.75) is 25.1 Å². The highest BCUT2D eigenvalue weighted by Crippen LogP contribution is 2.27. The molecule has 0 heterocycles. The maximum Gasteiger partial charge on any atom is 0.389 e. The zero-order valence-corrected chi connectivity index (χ0v) is 11.1. The molecule has 0 saturated heterocycles. The lowest BCUT2D eigenvalue weighted by Crippen LogP contribution is -2.18. The standard InChI is InChI=1S/C12H14F3NO2.ClH/c1-18-11(17)9-5-3-2-4-8(9)10(16)6-7-12(13,14)15;/h2-5,10H,6-7,16H2,1H3;1H/t10-;/m0./s1. The largest absolute Gasteiger partial charge is 0.465 e. The molecule has 0 aliphatic carbocycles. The van der Waals surface area contributed by atoms with Crippen LogP contribution in [0, 0.1) is 0 Å². The molecule has 108 valence electrons. The van der Waals surface area contributed by atoms with Gasteiger partial charge in [0.15, 0.2) is 0 Å². The van der Waals surface area contributed by atoms with Gasteiger partial charge in [0.2, 0.25) is 0 Å². The normalized spacial score (nSPS) is 12.5. The maximum atomic E-state index is 12.1. The molecule has 1 rings (SSSR count). The Morgan fingerprint density at radius 3 is 2.47 bits per heavy atom. The van der Waals surface area contributed by atoms with Gasteiger partial charge in [0, 0.05) is 12.5 Å². The summed E-state index contributed by atoms with van der Waals surface area (Å²) >= 11 is 0. The van der Waals surface area contributed by atoms with Crippen LogP contribution in [-0.4, -0.2) is 19.3 Å². The lowest BCUT2D eigenvalue weighted by molar-refractivity contribution is -0.136. The van der Waals surface area contributed by atoms with E-state index in [1.807, 2.05) is 0 Å². The van der Waals surface area contributed by atoms with Crippen molar-refractivity contribution in [1.82, 2.24) is 0 Å². The summed E-state index contributed by atoms with van der Waals surface area (Å²) in [7, 11) is 1.21. The number of benzene rings is 1. The van der Waals surface area contributed by atoms with Crippen molar-refractivity contribution < 1.29 is 22.7 Å². The monoisotopic (exact) mass is 297 g/mol. The van der Waals surface area contributed by atoms with Gasteiger partial charge in [-0.3, -0.25) is 0 Å². The maximum absolute atomic E-state index is 12.1. The number of methoxy groups -OCH3 is 1. The van der Waals surface area contributed by atoms with Crippen molar-refractivity contribution in [3.05, 3.63) is 35.4 Å². The molecule has 0 saturated carbocycles. The Morgan fingerprint density at radius 2 is 1.95 bits per heavy atom. The quantitative estimate of drug-likeness (QED) is 0.868. The minimum absolute atomic E-state index is 0. The Labute approximate surface area is 115 Å². The highest BCUT2D eigenvalue weighted by molar-refractivity contribution is 5.91. The SMILES string of the molecule is COC(=O)c1ccccc1[C@@H](N)CCC(F)(F)F.Cl. The third kappa shape index (κ3) is 5.48. The molecule has 0 spiro atoms. The molecule has 2 N–H and O–H groups in total. The summed E-state index contributed by atoms with van der Waals surface area (Å²) in [5.74, 6) is -0.604. The highest BCUT2D eigenvalue weighted by Gasteiger charge is 2.28. The van der Waals surface area contributed by atoms with Gasteiger partial charge in [-0.2, -0.15) is 13.2 Å². The predicted molar refractivity (Wildman–Crippen MR) is 67.2 cm³/mol. The Morgan fingerprint density at radius 1 is 1.37 bits per heavy atom. The first kappa shape index (κ1) is 17.7. The van der Waals surface area contributed by atoms with Crippen molar-refractivity contribution >= 4 is 18.4 Å². The molecular weight excluding hydrogens is 283 g/mol. The Kier molecular flexibility index (Phi) is 6.86. The lowest BCUT2D eigenvalue weighted by atomic mass is 9.97.